The van der Waals surface area contributed by atoms with Gasteiger partial charge in [-0.05, 0) is 18.6 Å². The Morgan fingerprint density at radius 3 is 2.75 bits per heavy atom. The molecule has 0 aliphatic rings. The molecule has 5 nitrogen and oxygen atoms in total. The molecule has 0 fully saturated rings. The summed E-state index contributed by atoms with van der Waals surface area (Å²) in [4.78, 5) is 21.5. The van der Waals surface area contributed by atoms with Crippen LogP contribution in [0.2, 0.25) is 0 Å². The number of aliphatic carboxylic acids is 1. The van der Waals surface area contributed by atoms with Crippen molar-refractivity contribution in [2.75, 3.05) is 18.1 Å². The van der Waals surface area contributed by atoms with E-state index in [1.54, 1.807) is 0 Å². The van der Waals surface area contributed by atoms with E-state index in [0.29, 0.717) is 18.8 Å². The highest BCUT2D eigenvalue weighted by Crippen LogP contribution is 2.05. The second-order valence-electron chi connectivity index (χ2n) is 3.36. The molecular weight excluding hydrogens is 230 g/mol. The Kier molecular flexibility index (Phi) is 9.03. The number of carboxylic acids is 1. The lowest BCUT2D eigenvalue weighted by Gasteiger charge is -2.06. The Bertz CT molecular complexity index is 223. The third kappa shape index (κ3) is 8.55. The van der Waals surface area contributed by atoms with E-state index >= 15 is 0 Å². The molecule has 0 spiro atoms. The zero-order chi connectivity index (χ0) is 12.4. The van der Waals surface area contributed by atoms with Crippen LogP contribution < -0.4 is 5.73 Å². The number of nitrogens with two attached hydrogens (primary N) is 1. The Labute approximate surface area is 99.7 Å². The van der Waals surface area contributed by atoms with E-state index in [9.17, 15) is 9.59 Å². The maximum absolute atomic E-state index is 11.1. The van der Waals surface area contributed by atoms with Gasteiger partial charge in [0.2, 0.25) is 0 Å². The Balaban J connectivity index is 3.37. The summed E-state index contributed by atoms with van der Waals surface area (Å²) in [6.07, 6.45) is 2.23. The van der Waals surface area contributed by atoms with Crippen molar-refractivity contribution >= 4 is 23.7 Å². The van der Waals surface area contributed by atoms with Gasteiger partial charge in [0, 0.05) is 0 Å². The number of thioether (sulfide) groups is 1. The molecule has 1 atom stereocenters. The van der Waals surface area contributed by atoms with Crippen molar-refractivity contribution in [1.29, 1.82) is 0 Å². The molecule has 0 aromatic carbocycles. The van der Waals surface area contributed by atoms with Crippen LogP contribution in [0.15, 0.2) is 0 Å². The molecule has 0 bridgehead atoms. The first kappa shape index (κ1) is 15.2. The second-order valence-corrected chi connectivity index (χ2v) is 4.47. The van der Waals surface area contributed by atoms with Crippen LogP contribution in [0, 0.1) is 0 Å². The van der Waals surface area contributed by atoms with Gasteiger partial charge in [0.1, 0.15) is 6.04 Å². The van der Waals surface area contributed by atoms with Crippen LogP contribution in [-0.4, -0.2) is 41.2 Å². The zero-order valence-electron chi connectivity index (χ0n) is 9.48. The van der Waals surface area contributed by atoms with Crippen LogP contribution >= 0.6 is 11.8 Å². The van der Waals surface area contributed by atoms with Gasteiger partial charge in [-0.3, -0.25) is 9.59 Å². The van der Waals surface area contributed by atoms with Crippen LogP contribution in [0.25, 0.3) is 0 Å². The molecule has 6 heteroatoms. The molecule has 0 aromatic rings. The molecule has 0 aliphatic carbocycles. The van der Waals surface area contributed by atoms with Gasteiger partial charge in [0.05, 0.1) is 12.4 Å². The maximum atomic E-state index is 11.1. The van der Waals surface area contributed by atoms with E-state index in [-0.39, 0.29) is 11.7 Å². The quantitative estimate of drug-likeness (QED) is 0.465. The number of hydrogen-bond donors (Lipinski definition) is 2. The van der Waals surface area contributed by atoms with Gasteiger partial charge >= 0.3 is 11.9 Å². The lowest BCUT2D eigenvalue weighted by molar-refractivity contribution is -0.140. The largest absolute Gasteiger partial charge is 0.480 e. The van der Waals surface area contributed by atoms with Crippen molar-refractivity contribution < 1.29 is 19.4 Å². The third-order valence-electron chi connectivity index (χ3n) is 1.87. The van der Waals surface area contributed by atoms with E-state index in [1.807, 2.05) is 6.92 Å². The highest BCUT2D eigenvalue weighted by molar-refractivity contribution is 7.99. The predicted octanol–water partition coefficient (Wildman–Crippen LogP) is 0.865. The molecule has 0 saturated carbocycles. The summed E-state index contributed by atoms with van der Waals surface area (Å²) in [6, 6.07) is -0.844. The monoisotopic (exact) mass is 249 g/mol. The van der Waals surface area contributed by atoms with Gasteiger partial charge in [-0.1, -0.05) is 13.3 Å². The van der Waals surface area contributed by atoms with Gasteiger partial charge < -0.3 is 15.6 Å². The van der Waals surface area contributed by atoms with Gasteiger partial charge in [-0.2, -0.15) is 11.8 Å². The Hall–Kier alpha value is -0.750. The first-order valence-electron chi connectivity index (χ1n) is 5.29. The van der Waals surface area contributed by atoms with Gasteiger partial charge in [0.15, 0.2) is 0 Å². The molecule has 0 aromatic heterocycles. The SMILES string of the molecule is CCCCOC(=O)CSCCC(N)C(=O)O. The average molecular weight is 249 g/mol. The zero-order valence-corrected chi connectivity index (χ0v) is 10.3. The van der Waals surface area contributed by atoms with Crippen LogP contribution in [0.5, 0.6) is 0 Å². The van der Waals surface area contributed by atoms with Crippen molar-refractivity contribution in [3.05, 3.63) is 0 Å². The number of carbonyl (C=O) groups is 2. The smallest absolute Gasteiger partial charge is 0.320 e. The van der Waals surface area contributed by atoms with Gasteiger partial charge in [-0.15, -0.1) is 0 Å². The van der Waals surface area contributed by atoms with Crippen molar-refractivity contribution in [3.63, 3.8) is 0 Å². The lowest BCUT2D eigenvalue weighted by Crippen LogP contribution is -2.30. The molecule has 16 heavy (non-hydrogen) atoms. The molecular formula is C10H19NO4S. The van der Waals surface area contributed by atoms with Crippen LogP contribution in [0.1, 0.15) is 26.2 Å². The Morgan fingerprint density at radius 2 is 2.19 bits per heavy atom. The minimum Gasteiger partial charge on any atom is -0.480 e. The average Bonchev–Trinajstić information content (AvgIpc) is 2.24. The van der Waals surface area contributed by atoms with Crippen molar-refractivity contribution in [2.45, 2.75) is 32.2 Å². The van der Waals surface area contributed by atoms with Gasteiger partial charge in [-0.25, -0.2) is 0 Å². The number of carboxylic acid groups (broad SMARTS) is 1. The molecule has 94 valence electrons. The van der Waals surface area contributed by atoms with Crippen molar-refractivity contribution in [1.82, 2.24) is 0 Å². The summed E-state index contributed by atoms with van der Waals surface area (Å²) in [5.41, 5.74) is 5.30. The fourth-order valence-corrected chi connectivity index (χ4v) is 1.68. The number of carbonyl (C=O) groups excluding carboxylic acids is 1. The van der Waals surface area contributed by atoms with Crippen molar-refractivity contribution in [2.24, 2.45) is 5.73 Å². The molecule has 0 amide bonds. The van der Waals surface area contributed by atoms with E-state index in [2.05, 4.69) is 0 Å². The number of rotatable bonds is 9. The predicted molar refractivity (Wildman–Crippen MR) is 63.4 cm³/mol. The van der Waals surface area contributed by atoms with E-state index in [0.717, 1.165) is 12.8 Å². The number of hydrogen-bond acceptors (Lipinski definition) is 5. The number of ether oxygens (including phenoxy) is 1. The van der Waals surface area contributed by atoms with E-state index in [4.69, 9.17) is 15.6 Å². The summed E-state index contributed by atoms with van der Waals surface area (Å²) in [5.74, 6) is -0.444. The first-order chi connectivity index (χ1) is 7.57. The van der Waals surface area contributed by atoms with Crippen LogP contribution in [0.3, 0.4) is 0 Å². The molecule has 0 saturated heterocycles. The Morgan fingerprint density at radius 1 is 1.50 bits per heavy atom. The molecule has 0 radical (unpaired) electrons. The molecule has 0 aliphatic heterocycles. The van der Waals surface area contributed by atoms with E-state index in [1.165, 1.54) is 11.8 Å². The fourth-order valence-electron chi connectivity index (χ4n) is 0.861. The second kappa shape index (κ2) is 9.47. The molecule has 0 heterocycles. The van der Waals surface area contributed by atoms with Crippen LogP contribution in [-0.2, 0) is 14.3 Å². The highest BCUT2D eigenvalue weighted by Gasteiger charge is 2.11. The minimum atomic E-state index is -1.01. The standard InChI is InChI=1S/C10H19NO4S/c1-2-3-5-15-9(12)7-16-6-4-8(11)10(13)14/h8H,2-7,11H2,1H3,(H,13,14). The van der Waals surface area contributed by atoms with Crippen molar-refractivity contribution in [3.8, 4) is 0 Å². The summed E-state index contributed by atoms with van der Waals surface area (Å²) in [7, 11) is 0. The summed E-state index contributed by atoms with van der Waals surface area (Å²) in [6.45, 7) is 2.49. The fraction of sp³-hybridized carbons (Fsp3) is 0.800. The highest BCUT2D eigenvalue weighted by atomic mass is 32.2. The normalized spacial score (nSPS) is 12.1. The molecule has 0 rings (SSSR count). The lowest BCUT2D eigenvalue weighted by atomic mass is 10.2. The third-order valence-corrected chi connectivity index (χ3v) is 2.84. The summed E-state index contributed by atoms with van der Waals surface area (Å²) in [5, 5.41) is 8.51. The molecule has 1 unspecified atom stereocenters. The van der Waals surface area contributed by atoms with E-state index < -0.39 is 12.0 Å². The minimum absolute atomic E-state index is 0.248. The number of unbranched alkanes of at least 4 members (excludes halogenated alkanes) is 1. The summed E-state index contributed by atoms with van der Waals surface area (Å²) < 4.78 is 4.93. The maximum Gasteiger partial charge on any atom is 0.320 e. The molecule has 3 N–H and O–H groups in total. The summed E-state index contributed by atoms with van der Waals surface area (Å²) >= 11 is 1.35. The first-order valence-corrected chi connectivity index (χ1v) is 6.45. The number of esters is 1. The van der Waals surface area contributed by atoms with Crippen LogP contribution in [0.4, 0.5) is 0 Å². The van der Waals surface area contributed by atoms with Gasteiger partial charge in [0.25, 0.3) is 0 Å². The topological polar surface area (TPSA) is 89.6 Å².